The van der Waals surface area contributed by atoms with E-state index in [0.29, 0.717) is 18.2 Å². The highest BCUT2D eigenvalue weighted by atomic mass is 16.5. The van der Waals surface area contributed by atoms with Crippen molar-refractivity contribution in [3.8, 4) is 0 Å². The Balaban J connectivity index is 1.60. The lowest BCUT2D eigenvalue weighted by Crippen LogP contribution is -2.46. The summed E-state index contributed by atoms with van der Waals surface area (Å²) in [6.45, 7) is 6.76. The first-order chi connectivity index (χ1) is 10.3. The van der Waals surface area contributed by atoms with Crippen molar-refractivity contribution in [3.05, 3.63) is 35.9 Å². The SMILES string of the molecule is CC(C1CCCO1)N1CCCNC(Cc2ccccc2)C1. The van der Waals surface area contributed by atoms with Crippen LogP contribution in [0.25, 0.3) is 0 Å². The second-order valence-electron chi connectivity index (χ2n) is 6.48. The molecule has 0 aliphatic carbocycles. The Morgan fingerprint density at radius 2 is 2.14 bits per heavy atom. The molecule has 1 aromatic carbocycles. The Kier molecular flexibility index (Phi) is 5.28. The van der Waals surface area contributed by atoms with Gasteiger partial charge in [-0.1, -0.05) is 30.3 Å². The molecule has 2 fully saturated rings. The number of benzene rings is 1. The smallest absolute Gasteiger partial charge is 0.0728 e. The van der Waals surface area contributed by atoms with Crippen LogP contribution in [0.3, 0.4) is 0 Å². The molecule has 0 radical (unpaired) electrons. The summed E-state index contributed by atoms with van der Waals surface area (Å²) in [7, 11) is 0. The van der Waals surface area contributed by atoms with Gasteiger partial charge >= 0.3 is 0 Å². The van der Waals surface area contributed by atoms with E-state index in [0.717, 1.165) is 26.1 Å². The summed E-state index contributed by atoms with van der Waals surface area (Å²) in [6.07, 6.45) is 5.27. The van der Waals surface area contributed by atoms with E-state index in [2.05, 4.69) is 47.5 Å². The molecule has 0 amide bonds. The third-order valence-electron chi connectivity index (χ3n) is 4.91. The number of rotatable bonds is 4. The van der Waals surface area contributed by atoms with Crippen LogP contribution in [0.2, 0.25) is 0 Å². The summed E-state index contributed by atoms with van der Waals surface area (Å²) in [6, 6.07) is 11.9. The topological polar surface area (TPSA) is 24.5 Å². The second-order valence-corrected chi connectivity index (χ2v) is 6.48. The molecule has 3 atom stereocenters. The summed E-state index contributed by atoms with van der Waals surface area (Å²) in [5, 5.41) is 3.72. The van der Waals surface area contributed by atoms with Crippen LogP contribution in [0.5, 0.6) is 0 Å². The molecule has 0 saturated carbocycles. The third-order valence-corrected chi connectivity index (χ3v) is 4.91. The first kappa shape index (κ1) is 15.0. The van der Waals surface area contributed by atoms with Crippen molar-refractivity contribution in [1.82, 2.24) is 10.2 Å². The summed E-state index contributed by atoms with van der Waals surface area (Å²) in [5.41, 5.74) is 1.43. The van der Waals surface area contributed by atoms with Gasteiger partial charge in [0.15, 0.2) is 0 Å². The van der Waals surface area contributed by atoms with Crippen LogP contribution in [0.1, 0.15) is 31.7 Å². The molecule has 3 unspecified atom stereocenters. The van der Waals surface area contributed by atoms with Crippen LogP contribution in [0.15, 0.2) is 30.3 Å². The zero-order chi connectivity index (χ0) is 14.5. The molecule has 2 heterocycles. The van der Waals surface area contributed by atoms with Crippen molar-refractivity contribution in [2.45, 2.75) is 50.8 Å². The number of nitrogens with one attached hydrogen (secondary N) is 1. The molecule has 0 bridgehead atoms. The minimum atomic E-state index is 0.445. The molecule has 0 spiro atoms. The second kappa shape index (κ2) is 7.39. The van der Waals surface area contributed by atoms with Gasteiger partial charge in [-0.05, 0) is 51.3 Å². The zero-order valence-electron chi connectivity index (χ0n) is 13.1. The van der Waals surface area contributed by atoms with Crippen LogP contribution < -0.4 is 5.32 Å². The van der Waals surface area contributed by atoms with Crippen LogP contribution >= 0.6 is 0 Å². The minimum Gasteiger partial charge on any atom is -0.377 e. The van der Waals surface area contributed by atoms with Crippen molar-refractivity contribution < 1.29 is 4.74 Å². The number of hydrogen-bond donors (Lipinski definition) is 1. The number of ether oxygens (including phenoxy) is 1. The Morgan fingerprint density at radius 3 is 2.90 bits per heavy atom. The van der Waals surface area contributed by atoms with E-state index in [1.807, 2.05) is 0 Å². The first-order valence-corrected chi connectivity index (χ1v) is 8.46. The predicted octanol–water partition coefficient (Wildman–Crippen LogP) is 2.46. The summed E-state index contributed by atoms with van der Waals surface area (Å²) in [4.78, 5) is 2.64. The average molecular weight is 288 g/mol. The molecule has 21 heavy (non-hydrogen) atoms. The molecule has 3 nitrogen and oxygen atoms in total. The highest BCUT2D eigenvalue weighted by Crippen LogP contribution is 2.21. The fourth-order valence-electron chi connectivity index (χ4n) is 3.65. The van der Waals surface area contributed by atoms with Crippen molar-refractivity contribution in [3.63, 3.8) is 0 Å². The fraction of sp³-hybridized carbons (Fsp3) is 0.667. The maximum Gasteiger partial charge on any atom is 0.0728 e. The summed E-state index contributed by atoms with van der Waals surface area (Å²) in [5.74, 6) is 0. The highest BCUT2D eigenvalue weighted by Gasteiger charge is 2.29. The van der Waals surface area contributed by atoms with E-state index < -0.39 is 0 Å². The Morgan fingerprint density at radius 1 is 1.29 bits per heavy atom. The highest BCUT2D eigenvalue weighted by molar-refractivity contribution is 5.16. The Labute approximate surface area is 128 Å². The van der Waals surface area contributed by atoms with Gasteiger partial charge in [0.2, 0.25) is 0 Å². The lowest BCUT2D eigenvalue weighted by molar-refractivity contribution is 0.0307. The van der Waals surface area contributed by atoms with Crippen molar-refractivity contribution >= 4 is 0 Å². The van der Waals surface area contributed by atoms with Gasteiger partial charge in [-0.3, -0.25) is 4.90 Å². The average Bonchev–Trinajstić information content (AvgIpc) is 2.95. The molecule has 2 aliphatic rings. The number of hydrogen-bond acceptors (Lipinski definition) is 3. The standard InChI is InChI=1S/C18H28N2O/c1-15(18-9-5-12-21-18)20-11-6-10-19-17(14-20)13-16-7-3-2-4-8-16/h2-4,7-8,15,17-19H,5-6,9-14H2,1H3. The normalized spacial score (nSPS) is 29.2. The van der Waals surface area contributed by atoms with Crippen molar-refractivity contribution in [2.75, 3.05) is 26.2 Å². The Bertz CT molecular complexity index is 416. The van der Waals surface area contributed by atoms with Crippen LogP contribution in [-0.2, 0) is 11.2 Å². The quantitative estimate of drug-likeness (QED) is 0.921. The van der Waals surface area contributed by atoms with Crippen LogP contribution in [0, 0.1) is 0 Å². The lowest BCUT2D eigenvalue weighted by Gasteiger charge is -2.33. The van der Waals surface area contributed by atoms with Gasteiger partial charge < -0.3 is 10.1 Å². The molecule has 2 saturated heterocycles. The predicted molar refractivity (Wildman–Crippen MR) is 86.6 cm³/mol. The van der Waals surface area contributed by atoms with Crippen LogP contribution in [-0.4, -0.2) is 49.3 Å². The third kappa shape index (κ3) is 4.06. The summed E-state index contributed by atoms with van der Waals surface area (Å²) < 4.78 is 5.90. The maximum atomic E-state index is 5.90. The molecule has 3 rings (SSSR count). The van der Waals surface area contributed by atoms with E-state index in [1.54, 1.807) is 0 Å². The first-order valence-electron chi connectivity index (χ1n) is 8.46. The monoisotopic (exact) mass is 288 g/mol. The summed E-state index contributed by atoms with van der Waals surface area (Å²) >= 11 is 0. The van der Waals surface area contributed by atoms with E-state index in [9.17, 15) is 0 Å². The van der Waals surface area contributed by atoms with Crippen LogP contribution in [0.4, 0.5) is 0 Å². The number of nitrogens with zero attached hydrogens (tertiary/aromatic N) is 1. The van der Waals surface area contributed by atoms with Crippen molar-refractivity contribution in [1.29, 1.82) is 0 Å². The zero-order valence-corrected chi connectivity index (χ0v) is 13.1. The van der Waals surface area contributed by atoms with Gasteiger partial charge in [-0.15, -0.1) is 0 Å². The molecule has 2 aliphatic heterocycles. The van der Waals surface area contributed by atoms with Gasteiger partial charge in [0, 0.05) is 25.2 Å². The molecule has 116 valence electrons. The van der Waals surface area contributed by atoms with Gasteiger partial charge in [-0.25, -0.2) is 0 Å². The van der Waals surface area contributed by atoms with Crippen molar-refractivity contribution in [2.24, 2.45) is 0 Å². The maximum absolute atomic E-state index is 5.90. The fourth-order valence-corrected chi connectivity index (χ4v) is 3.65. The molecule has 1 aromatic rings. The van der Waals surface area contributed by atoms with E-state index >= 15 is 0 Å². The van der Waals surface area contributed by atoms with Gasteiger partial charge in [0.25, 0.3) is 0 Å². The molecule has 3 heteroatoms. The van der Waals surface area contributed by atoms with E-state index in [-0.39, 0.29) is 0 Å². The lowest BCUT2D eigenvalue weighted by atomic mass is 10.0. The molecule has 1 N–H and O–H groups in total. The minimum absolute atomic E-state index is 0.445. The molecular formula is C18H28N2O. The van der Waals surface area contributed by atoms with Gasteiger partial charge in [-0.2, -0.15) is 0 Å². The van der Waals surface area contributed by atoms with E-state index in [1.165, 1.54) is 31.4 Å². The molecule has 0 aromatic heterocycles. The molecular weight excluding hydrogens is 260 g/mol. The largest absolute Gasteiger partial charge is 0.377 e. The van der Waals surface area contributed by atoms with E-state index in [4.69, 9.17) is 4.74 Å². The van der Waals surface area contributed by atoms with Gasteiger partial charge in [0.05, 0.1) is 6.10 Å². The Hall–Kier alpha value is -0.900. The van der Waals surface area contributed by atoms with Gasteiger partial charge in [0.1, 0.15) is 0 Å².